The zero-order valence-corrected chi connectivity index (χ0v) is 13.1. The van der Waals surface area contributed by atoms with Gasteiger partial charge < -0.3 is 10.2 Å². The molecule has 1 N–H and O–H groups in total. The van der Waals surface area contributed by atoms with Gasteiger partial charge in [-0.15, -0.1) is 11.3 Å². The van der Waals surface area contributed by atoms with Crippen molar-refractivity contribution in [3.05, 3.63) is 10.6 Å². The number of anilines is 1. The fourth-order valence-corrected chi connectivity index (χ4v) is 4.23. The third-order valence-corrected chi connectivity index (χ3v) is 5.75. The molecule has 0 aliphatic heterocycles. The molecule has 0 radical (unpaired) electrons. The fraction of sp³-hybridized carbons (Fsp3) is 0.800. The molecule has 3 nitrogen and oxygen atoms in total. The van der Waals surface area contributed by atoms with Crippen LogP contribution in [0.5, 0.6) is 0 Å². The summed E-state index contributed by atoms with van der Waals surface area (Å²) in [5.74, 6) is 1.82. The minimum atomic E-state index is 0.493. The van der Waals surface area contributed by atoms with Crippen molar-refractivity contribution in [2.24, 2.45) is 11.8 Å². The van der Waals surface area contributed by atoms with Gasteiger partial charge in [0.1, 0.15) is 0 Å². The van der Waals surface area contributed by atoms with Crippen LogP contribution in [-0.4, -0.2) is 25.1 Å². The highest BCUT2D eigenvalue weighted by atomic mass is 32.1. The standard InChI is InChI=1S/C15H25N3S/c1-4-16-12-6-5-7-13-14(12)17-15(19-13)18(3)9-11-8-10(11)2/h10-12,16H,4-9H2,1-3H3. The summed E-state index contributed by atoms with van der Waals surface area (Å²) in [6.07, 6.45) is 5.17. The average molecular weight is 279 g/mol. The molecule has 0 amide bonds. The largest absolute Gasteiger partial charge is 0.351 e. The summed E-state index contributed by atoms with van der Waals surface area (Å²) in [6.45, 7) is 6.75. The van der Waals surface area contributed by atoms with E-state index in [9.17, 15) is 0 Å². The minimum Gasteiger partial charge on any atom is -0.351 e. The number of aromatic nitrogens is 1. The molecule has 0 bridgehead atoms. The van der Waals surface area contributed by atoms with E-state index in [1.54, 1.807) is 0 Å². The van der Waals surface area contributed by atoms with E-state index in [1.807, 2.05) is 11.3 Å². The summed E-state index contributed by atoms with van der Waals surface area (Å²) in [5, 5.41) is 4.81. The fourth-order valence-electron chi connectivity index (χ4n) is 3.10. The summed E-state index contributed by atoms with van der Waals surface area (Å²) in [4.78, 5) is 8.83. The lowest BCUT2D eigenvalue weighted by Gasteiger charge is -2.21. The summed E-state index contributed by atoms with van der Waals surface area (Å²) >= 11 is 1.92. The number of hydrogen-bond donors (Lipinski definition) is 1. The van der Waals surface area contributed by atoms with E-state index in [0.717, 1.165) is 18.4 Å². The third-order valence-electron chi connectivity index (χ3n) is 4.50. The van der Waals surface area contributed by atoms with E-state index in [0.29, 0.717) is 6.04 Å². The van der Waals surface area contributed by atoms with Crippen molar-refractivity contribution < 1.29 is 0 Å². The monoisotopic (exact) mass is 279 g/mol. The Morgan fingerprint density at radius 3 is 2.95 bits per heavy atom. The molecule has 1 fully saturated rings. The molecule has 0 saturated heterocycles. The maximum Gasteiger partial charge on any atom is 0.185 e. The molecular weight excluding hydrogens is 254 g/mol. The molecule has 3 atom stereocenters. The van der Waals surface area contributed by atoms with Gasteiger partial charge in [0.2, 0.25) is 0 Å². The summed E-state index contributed by atoms with van der Waals surface area (Å²) in [6, 6.07) is 0.493. The van der Waals surface area contributed by atoms with Gasteiger partial charge >= 0.3 is 0 Å². The highest BCUT2D eigenvalue weighted by molar-refractivity contribution is 7.15. The van der Waals surface area contributed by atoms with Gasteiger partial charge in [0.15, 0.2) is 5.13 Å². The van der Waals surface area contributed by atoms with Crippen LogP contribution in [-0.2, 0) is 6.42 Å². The summed E-state index contributed by atoms with van der Waals surface area (Å²) in [7, 11) is 2.21. The lowest BCUT2D eigenvalue weighted by molar-refractivity contribution is 0.465. The van der Waals surface area contributed by atoms with Crippen LogP contribution >= 0.6 is 11.3 Å². The van der Waals surface area contributed by atoms with E-state index in [4.69, 9.17) is 4.98 Å². The van der Waals surface area contributed by atoms with Crippen LogP contribution in [0.3, 0.4) is 0 Å². The number of nitrogens with zero attached hydrogens (tertiary/aromatic N) is 2. The van der Waals surface area contributed by atoms with Crippen molar-refractivity contribution in [1.29, 1.82) is 0 Å². The lowest BCUT2D eigenvalue weighted by Crippen LogP contribution is -2.25. The third kappa shape index (κ3) is 2.79. The molecule has 1 heterocycles. The SMILES string of the molecule is CCNC1CCCc2sc(N(C)CC3CC3C)nc21. The molecule has 0 spiro atoms. The molecule has 2 aliphatic carbocycles. The number of rotatable bonds is 5. The van der Waals surface area contributed by atoms with Gasteiger partial charge in [-0.05, 0) is 44.1 Å². The van der Waals surface area contributed by atoms with Crippen LogP contribution < -0.4 is 10.2 Å². The number of aryl methyl sites for hydroxylation is 1. The van der Waals surface area contributed by atoms with Crippen LogP contribution in [0.4, 0.5) is 5.13 Å². The number of thiazole rings is 1. The molecular formula is C15H25N3S. The van der Waals surface area contributed by atoms with Crippen molar-refractivity contribution in [3.63, 3.8) is 0 Å². The van der Waals surface area contributed by atoms with Crippen LogP contribution in [0.15, 0.2) is 0 Å². The zero-order chi connectivity index (χ0) is 13.4. The Hall–Kier alpha value is -0.610. The Labute approximate surface area is 120 Å². The predicted molar refractivity (Wildman–Crippen MR) is 82.0 cm³/mol. The Morgan fingerprint density at radius 2 is 2.26 bits per heavy atom. The van der Waals surface area contributed by atoms with E-state index in [1.165, 1.54) is 47.9 Å². The number of hydrogen-bond acceptors (Lipinski definition) is 4. The normalized spacial score (nSPS) is 29.1. The second-order valence-electron chi connectivity index (χ2n) is 6.16. The van der Waals surface area contributed by atoms with Gasteiger partial charge in [0.05, 0.1) is 11.7 Å². The van der Waals surface area contributed by atoms with Crippen molar-refractivity contribution in [2.75, 3.05) is 25.0 Å². The minimum absolute atomic E-state index is 0.493. The Kier molecular flexibility index (Phi) is 3.81. The molecule has 0 aromatic carbocycles. The van der Waals surface area contributed by atoms with E-state index < -0.39 is 0 Å². The molecule has 106 valence electrons. The molecule has 3 unspecified atom stereocenters. The quantitative estimate of drug-likeness (QED) is 0.897. The Balaban J connectivity index is 1.73. The van der Waals surface area contributed by atoms with E-state index in [2.05, 4.69) is 31.1 Å². The number of nitrogens with one attached hydrogen (secondary N) is 1. The zero-order valence-electron chi connectivity index (χ0n) is 12.3. The first-order valence-corrected chi connectivity index (χ1v) is 8.44. The first-order chi connectivity index (χ1) is 9.19. The smallest absolute Gasteiger partial charge is 0.185 e. The van der Waals surface area contributed by atoms with Crippen molar-refractivity contribution in [3.8, 4) is 0 Å². The van der Waals surface area contributed by atoms with Gasteiger partial charge in [-0.25, -0.2) is 4.98 Å². The summed E-state index contributed by atoms with van der Waals surface area (Å²) in [5.41, 5.74) is 1.34. The Bertz CT molecular complexity index is 443. The summed E-state index contributed by atoms with van der Waals surface area (Å²) < 4.78 is 0. The van der Waals surface area contributed by atoms with E-state index in [-0.39, 0.29) is 0 Å². The van der Waals surface area contributed by atoms with Gasteiger partial charge in [0.25, 0.3) is 0 Å². The van der Waals surface area contributed by atoms with Gasteiger partial charge in [-0.2, -0.15) is 0 Å². The molecule has 1 aromatic heterocycles. The number of fused-ring (bicyclic) bond motifs is 1. The van der Waals surface area contributed by atoms with Crippen LogP contribution in [0.25, 0.3) is 0 Å². The lowest BCUT2D eigenvalue weighted by atomic mass is 9.98. The maximum atomic E-state index is 4.94. The van der Waals surface area contributed by atoms with Crippen LogP contribution in [0.2, 0.25) is 0 Å². The highest BCUT2D eigenvalue weighted by Gasteiger charge is 2.34. The maximum absolute atomic E-state index is 4.94. The first kappa shape index (κ1) is 13.4. The Morgan fingerprint density at radius 1 is 1.47 bits per heavy atom. The highest BCUT2D eigenvalue weighted by Crippen LogP contribution is 2.41. The predicted octanol–water partition coefficient (Wildman–Crippen LogP) is 3.22. The van der Waals surface area contributed by atoms with Gasteiger partial charge in [-0.3, -0.25) is 0 Å². The second-order valence-corrected chi connectivity index (χ2v) is 7.22. The van der Waals surface area contributed by atoms with Crippen LogP contribution in [0.1, 0.15) is 49.7 Å². The van der Waals surface area contributed by atoms with Crippen molar-refractivity contribution in [1.82, 2.24) is 10.3 Å². The van der Waals surface area contributed by atoms with Crippen molar-refractivity contribution >= 4 is 16.5 Å². The average Bonchev–Trinajstić information content (AvgIpc) is 2.92. The molecule has 3 rings (SSSR count). The molecule has 4 heteroatoms. The molecule has 2 aliphatic rings. The van der Waals surface area contributed by atoms with E-state index >= 15 is 0 Å². The van der Waals surface area contributed by atoms with Gasteiger partial charge in [-0.1, -0.05) is 13.8 Å². The van der Waals surface area contributed by atoms with Crippen molar-refractivity contribution in [2.45, 2.75) is 45.6 Å². The van der Waals surface area contributed by atoms with Gasteiger partial charge in [0, 0.05) is 18.5 Å². The molecule has 19 heavy (non-hydrogen) atoms. The first-order valence-electron chi connectivity index (χ1n) is 7.63. The topological polar surface area (TPSA) is 28.2 Å². The van der Waals surface area contributed by atoms with Crippen LogP contribution in [0, 0.1) is 11.8 Å². The molecule has 1 aromatic rings. The molecule has 1 saturated carbocycles. The second kappa shape index (κ2) is 5.41.